The van der Waals surface area contributed by atoms with E-state index in [0.717, 1.165) is 37.4 Å². The van der Waals surface area contributed by atoms with Crippen molar-refractivity contribution in [2.45, 2.75) is 26.7 Å². The SMILES string of the molecule is CCCNc1nc(C)cc(NCCc2cccnc2)n1. The van der Waals surface area contributed by atoms with Crippen LogP contribution in [0.25, 0.3) is 0 Å². The minimum Gasteiger partial charge on any atom is -0.370 e. The summed E-state index contributed by atoms with van der Waals surface area (Å²) < 4.78 is 0. The zero-order valence-electron chi connectivity index (χ0n) is 12.1. The van der Waals surface area contributed by atoms with Crippen molar-refractivity contribution in [3.8, 4) is 0 Å². The van der Waals surface area contributed by atoms with Gasteiger partial charge in [0.05, 0.1) is 0 Å². The van der Waals surface area contributed by atoms with E-state index < -0.39 is 0 Å². The van der Waals surface area contributed by atoms with E-state index in [1.165, 1.54) is 5.56 Å². The maximum atomic E-state index is 4.45. The van der Waals surface area contributed by atoms with Crippen LogP contribution in [0, 0.1) is 6.92 Å². The second-order valence-corrected chi connectivity index (χ2v) is 4.68. The van der Waals surface area contributed by atoms with Crippen LogP contribution in [0.5, 0.6) is 0 Å². The molecule has 0 saturated carbocycles. The third kappa shape index (κ3) is 4.50. The van der Waals surface area contributed by atoms with Crippen molar-refractivity contribution in [2.75, 3.05) is 23.7 Å². The smallest absolute Gasteiger partial charge is 0.224 e. The summed E-state index contributed by atoms with van der Waals surface area (Å²) in [6.07, 6.45) is 5.66. The predicted molar refractivity (Wildman–Crippen MR) is 82.0 cm³/mol. The molecule has 106 valence electrons. The molecule has 0 aliphatic heterocycles. The molecular weight excluding hydrogens is 250 g/mol. The summed E-state index contributed by atoms with van der Waals surface area (Å²) in [5, 5.41) is 6.54. The molecule has 0 aromatic carbocycles. The van der Waals surface area contributed by atoms with Gasteiger partial charge in [0.25, 0.3) is 0 Å². The number of aryl methyl sites for hydroxylation is 1. The van der Waals surface area contributed by atoms with Gasteiger partial charge in [0.2, 0.25) is 5.95 Å². The summed E-state index contributed by atoms with van der Waals surface area (Å²) in [6, 6.07) is 5.99. The molecule has 2 N–H and O–H groups in total. The lowest BCUT2D eigenvalue weighted by atomic mass is 10.2. The molecule has 0 unspecified atom stereocenters. The Balaban J connectivity index is 1.90. The van der Waals surface area contributed by atoms with Crippen LogP contribution in [-0.2, 0) is 6.42 Å². The Morgan fingerprint density at radius 2 is 2.05 bits per heavy atom. The van der Waals surface area contributed by atoms with Crippen molar-refractivity contribution in [1.29, 1.82) is 0 Å². The van der Waals surface area contributed by atoms with Crippen LogP contribution in [0.15, 0.2) is 30.6 Å². The van der Waals surface area contributed by atoms with E-state index >= 15 is 0 Å². The van der Waals surface area contributed by atoms with Gasteiger partial charge in [-0.15, -0.1) is 0 Å². The molecule has 0 spiro atoms. The number of nitrogens with zero attached hydrogens (tertiary/aromatic N) is 3. The van der Waals surface area contributed by atoms with Crippen molar-refractivity contribution in [3.63, 3.8) is 0 Å². The molecule has 0 aliphatic carbocycles. The molecule has 2 heterocycles. The van der Waals surface area contributed by atoms with E-state index in [1.807, 2.05) is 25.3 Å². The number of aromatic nitrogens is 3. The van der Waals surface area contributed by atoms with Crippen LogP contribution in [0.1, 0.15) is 24.6 Å². The highest BCUT2D eigenvalue weighted by Gasteiger charge is 2.01. The van der Waals surface area contributed by atoms with Gasteiger partial charge in [0, 0.05) is 37.2 Å². The fourth-order valence-corrected chi connectivity index (χ4v) is 1.86. The average molecular weight is 271 g/mol. The third-order valence-electron chi connectivity index (χ3n) is 2.83. The minimum absolute atomic E-state index is 0.690. The number of hydrogen-bond acceptors (Lipinski definition) is 5. The van der Waals surface area contributed by atoms with Gasteiger partial charge in [-0.1, -0.05) is 13.0 Å². The van der Waals surface area contributed by atoms with Gasteiger partial charge in [-0.3, -0.25) is 4.98 Å². The maximum Gasteiger partial charge on any atom is 0.224 e. The van der Waals surface area contributed by atoms with Gasteiger partial charge in [-0.25, -0.2) is 4.98 Å². The number of pyridine rings is 1. The lowest BCUT2D eigenvalue weighted by Crippen LogP contribution is -2.10. The van der Waals surface area contributed by atoms with E-state index in [-0.39, 0.29) is 0 Å². The van der Waals surface area contributed by atoms with Crippen molar-refractivity contribution in [3.05, 3.63) is 41.9 Å². The Morgan fingerprint density at radius 1 is 1.15 bits per heavy atom. The van der Waals surface area contributed by atoms with Crippen LogP contribution in [0.4, 0.5) is 11.8 Å². The second-order valence-electron chi connectivity index (χ2n) is 4.68. The summed E-state index contributed by atoms with van der Waals surface area (Å²) in [5.74, 6) is 1.55. The molecular formula is C15H21N5. The van der Waals surface area contributed by atoms with Gasteiger partial charge in [-0.05, 0) is 31.4 Å². The first kappa shape index (κ1) is 14.2. The summed E-state index contributed by atoms with van der Waals surface area (Å²) in [7, 11) is 0. The van der Waals surface area contributed by atoms with Crippen LogP contribution >= 0.6 is 0 Å². The third-order valence-corrected chi connectivity index (χ3v) is 2.83. The monoisotopic (exact) mass is 271 g/mol. The van der Waals surface area contributed by atoms with Crippen LogP contribution in [0.2, 0.25) is 0 Å². The van der Waals surface area contributed by atoms with E-state index in [9.17, 15) is 0 Å². The molecule has 0 aliphatic rings. The molecule has 2 rings (SSSR count). The largest absolute Gasteiger partial charge is 0.370 e. The first-order chi connectivity index (χ1) is 9.78. The Bertz CT molecular complexity index is 527. The molecule has 0 fully saturated rings. The van der Waals surface area contributed by atoms with Gasteiger partial charge < -0.3 is 10.6 Å². The van der Waals surface area contributed by atoms with Crippen LogP contribution in [0.3, 0.4) is 0 Å². The molecule has 0 amide bonds. The van der Waals surface area contributed by atoms with E-state index in [4.69, 9.17) is 0 Å². The zero-order valence-corrected chi connectivity index (χ0v) is 12.1. The number of hydrogen-bond donors (Lipinski definition) is 2. The lowest BCUT2D eigenvalue weighted by Gasteiger charge is -2.09. The standard InChI is InChI=1S/C15H21N5/c1-3-7-18-15-19-12(2)10-14(20-15)17-9-6-13-5-4-8-16-11-13/h4-5,8,10-11H,3,6-7,9H2,1-2H3,(H2,17,18,19,20). The lowest BCUT2D eigenvalue weighted by molar-refractivity contribution is 0.939. The maximum absolute atomic E-state index is 4.45. The summed E-state index contributed by atoms with van der Waals surface area (Å²) in [6.45, 7) is 5.81. The van der Waals surface area contributed by atoms with Crippen molar-refractivity contribution in [2.24, 2.45) is 0 Å². The predicted octanol–water partition coefficient (Wildman–Crippen LogP) is 2.66. The van der Waals surface area contributed by atoms with Crippen molar-refractivity contribution < 1.29 is 0 Å². The normalized spacial score (nSPS) is 10.3. The van der Waals surface area contributed by atoms with E-state index in [1.54, 1.807) is 6.20 Å². The summed E-state index contributed by atoms with van der Waals surface area (Å²) >= 11 is 0. The highest BCUT2D eigenvalue weighted by molar-refractivity contribution is 5.42. The Labute approximate surface area is 119 Å². The minimum atomic E-state index is 0.690. The topological polar surface area (TPSA) is 62.7 Å². The number of nitrogens with one attached hydrogen (secondary N) is 2. The molecule has 5 heteroatoms. The molecule has 0 saturated heterocycles. The Morgan fingerprint density at radius 3 is 2.80 bits per heavy atom. The molecule has 20 heavy (non-hydrogen) atoms. The van der Waals surface area contributed by atoms with E-state index in [0.29, 0.717) is 5.95 Å². The first-order valence-corrected chi connectivity index (χ1v) is 7.00. The number of anilines is 2. The van der Waals surface area contributed by atoms with Crippen molar-refractivity contribution >= 4 is 11.8 Å². The van der Waals surface area contributed by atoms with E-state index in [2.05, 4.69) is 38.6 Å². The Kier molecular flexibility index (Phi) is 5.29. The zero-order chi connectivity index (χ0) is 14.2. The molecule has 5 nitrogen and oxygen atoms in total. The van der Waals surface area contributed by atoms with Gasteiger partial charge in [0.1, 0.15) is 5.82 Å². The fourth-order valence-electron chi connectivity index (χ4n) is 1.86. The second kappa shape index (κ2) is 7.43. The quantitative estimate of drug-likeness (QED) is 0.810. The van der Waals surface area contributed by atoms with Gasteiger partial charge in [0.15, 0.2) is 0 Å². The summed E-state index contributed by atoms with van der Waals surface area (Å²) in [4.78, 5) is 12.9. The van der Waals surface area contributed by atoms with Crippen LogP contribution in [-0.4, -0.2) is 28.0 Å². The molecule has 0 bridgehead atoms. The fraction of sp³-hybridized carbons (Fsp3) is 0.400. The van der Waals surface area contributed by atoms with Gasteiger partial charge in [-0.2, -0.15) is 4.98 Å². The number of rotatable bonds is 7. The molecule has 0 radical (unpaired) electrons. The molecule has 2 aromatic heterocycles. The first-order valence-electron chi connectivity index (χ1n) is 7.00. The Hall–Kier alpha value is -2.17. The highest BCUT2D eigenvalue weighted by Crippen LogP contribution is 2.09. The average Bonchev–Trinajstić information content (AvgIpc) is 2.46. The molecule has 2 aromatic rings. The van der Waals surface area contributed by atoms with Crippen molar-refractivity contribution in [1.82, 2.24) is 15.0 Å². The summed E-state index contributed by atoms with van der Waals surface area (Å²) in [5.41, 5.74) is 2.18. The van der Waals surface area contributed by atoms with Gasteiger partial charge >= 0.3 is 0 Å². The highest BCUT2D eigenvalue weighted by atomic mass is 15.1. The van der Waals surface area contributed by atoms with Crippen LogP contribution < -0.4 is 10.6 Å². The molecule has 0 atom stereocenters.